The summed E-state index contributed by atoms with van der Waals surface area (Å²) in [5.41, 5.74) is -0.593. The lowest BCUT2D eigenvalue weighted by molar-refractivity contribution is 0.0244. The van der Waals surface area contributed by atoms with Crippen molar-refractivity contribution in [1.29, 1.82) is 0 Å². The SMILES string of the molecule is C[C@@H]1CCN(C(=O)OC(C)(C)C)C[C@H](C)N1S(=O)(=O)c1ccc2cnccc2c1. The van der Waals surface area contributed by atoms with Crippen molar-refractivity contribution in [3.8, 4) is 0 Å². The molecule has 0 radical (unpaired) electrons. The molecule has 0 spiro atoms. The molecule has 2 heterocycles. The minimum Gasteiger partial charge on any atom is -0.444 e. The number of carbonyl (C=O) groups is 1. The normalized spacial score (nSPS) is 21.8. The van der Waals surface area contributed by atoms with Crippen molar-refractivity contribution in [2.45, 2.75) is 63.6 Å². The van der Waals surface area contributed by atoms with Gasteiger partial charge in [-0.1, -0.05) is 6.07 Å². The molecule has 1 aromatic heterocycles. The van der Waals surface area contributed by atoms with Crippen LogP contribution in [0.25, 0.3) is 10.8 Å². The molecule has 1 aliphatic rings. The zero-order valence-electron chi connectivity index (χ0n) is 17.6. The summed E-state index contributed by atoms with van der Waals surface area (Å²) in [7, 11) is -3.73. The highest BCUT2D eigenvalue weighted by molar-refractivity contribution is 7.89. The number of hydrogen-bond donors (Lipinski definition) is 0. The third-order valence-electron chi connectivity index (χ3n) is 5.01. The molecule has 1 aliphatic heterocycles. The van der Waals surface area contributed by atoms with Gasteiger partial charge in [-0.25, -0.2) is 13.2 Å². The summed E-state index contributed by atoms with van der Waals surface area (Å²) in [5.74, 6) is 0. The maximum absolute atomic E-state index is 13.5. The fourth-order valence-corrected chi connectivity index (χ4v) is 5.58. The largest absolute Gasteiger partial charge is 0.444 e. The number of hydrogen-bond acceptors (Lipinski definition) is 5. The highest BCUT2D eigenvalue weighted by atomic mass is 32.2. The minimum absolute atomic E-state index is 0.240. The lowest BCUT2D eigenvalue weighted by atomic mass is 10.2. The first-order chi connectivity index (χ1) is 13.5. The van der Waals surface area contributed by atoms with Crippen LogP contribution >= 0.6 is 0 Å². The number of benzene rings is 1. The Kier molecular flexibility index (Phi) is 5.87. The first-order valence-electron chi connectivity index (χ1n) is 9.84. The van der Waals surface area contributed by atoms with Crippen LogP contribution in [0.5, 0.6) is 0 Å². The van der Waals surface area contributed by atoms with E-state index in [4.69, 9.17) is 4.74 Å². The maximum Gasteiger partial charge on any atom is 0.410 e. The molecule has 0 aliphatic carbocycles. The summed E-state index contributed by atoms with van der Waals surface area (Å²) < 4.78 is 34.0. The van der Waals surface area contributed by atoms with E-state index < -0.39 is 21.7 Å². The van der Waals surface area contributed by atoms with E-state index in [1.165, 1.54) is 4.31 Å². The number of sulfonamides is 1. The fraction of sp³-hybridized carbons (Fsp3) is 0.524. The second-order valence-corrected chi connectivity index (χ2v) is 10.5. The van der Waals surface area contributed by atoms with Crippen molar-refractivity contribution in [3.05, 3.63) is 36.7 Å². The Hall–Kier alpha value is -2.19. The molecule has 29 heavy (non-hydrogen) atoms. The van der Waals surface area contributed by atoms with E-state index >= 15 is 0 Å². The zero-order chi connectivity index (χ0) is 21.4. The Balaban J connectivity index is 1.89. The predicted octanol–water partition coefficient (Wildman–Crippen LogP) is 3.64. The van der Waals surface area contributed by atoms with Crippen LogP contribution in [0, 0.1) is 0 Å². The molecule has 1 aromatic carbocycles. The molecule has 0 unspecified atom stereocenters. The van der Waals surface area contributed by atoms with Crippen molar-refractivity contribution in [2.24, 2.45) is 0 Å². The third kappa shape index (κ3) is 4.70. The van der Waals surface area contributed by atoms with Gasteiger partial charge in [0, 0.05) is 43.0 Å². The van der Waals surface area contributed by atoms with E-state index in [1.54, 1.807) is 41.6 Å². The number of carbonyl (C=O) groups excluding carboxylic acids is 1. The Morgan fingerprint density at radius 1 is 1.14 bits per heavy atom. The van der Waals surface area contributed by atoms with Gasteiger partial charge in [-0.3, -0.25) is 4.98 Å². The zero-order valence-corrected chi connectivity index (χ0v) is 18.4. The van der Waals surface area contributed by atoms with Gasteiger partial charge in [-0.2, -0.15) is 4.31 Å². The molecule has 8 heteroatoms. The van der Waals surface area contributed by atoms with Crippen LogP contribution in [0.15, 0.2) is 41.6 Å². The highest BCUT2D eigenvalue weighted by Gasteiger charge is 2.38. The van der Waals surface area contributed by atoms with Gasteiger partial charge in [0.2, 0.25) is 10.0 Å². The second kappa shape index (κ2) is 7.91. The molecule has 158 valence electrons. The van der Waals surface area contributed by atoms with Crippen LogP contribution < -0.4 is 0 Å². The number of rotatable bonds is 2. The van der Waals surface area contributed by atoms with Crippen LogP contribution in [0.4, 0.5) is 4.79 Å². The van der Waals surface area contributed by atoms with Crippen molar-refractivity contribution in [3.63, 3.8) is 0 Å². The molecule has 2 atom stereocenters. The van der Waals surface area contributed by atoms with Crippen LogP contribution in [-0.4, -0.2) is 59.5 Å². The number of aromatic nitrogens is 1. The van der Waals surface area contributed by atoms with Gasteiger partial charge >= 0.3 is 6.09 Å². The average Bonchev–Trinajstić information content (AvgIpc) is 2.78. The van der Waals surface area contributed by atoms with Gasteiger partial charge in [0.25, 0.3) is 0 Å². The summed E-state index contributed by atoms with van der Waals surface area (Å²) >= 11 is 0. The Labute approximate surface area is 172 Å². The van der Waals surface area contributed by atoms with Crippen molar-refractivity contribution >= 4 is 26.9 Å². The monoisotopic (exact) mass is 419 g/mol. The maximum atomic E-state index is 13.5. The van der Waals surface area contributed by atoms with Crippen LogP contribution in [0.1, 0.15) is 41.0 Å². The van der Waals surface area contributed by atoms with Crippen LogP contribution in [0.2, 0.25) is 0 Å². The molecule has 2 aromatic rings. The number of fused-ring (bicyclic) bond motifs is 1. The van der Waals surface area contributed by atoms with Crippen LogP contribution in [-0.2, 0) is 14.8 Å². The molecule has 0 N–H and O–H groups in total. The van der Waals surface area contributed by atoms with Gasteiger partial charge in [0.1, 0.15) is 5.60 Å². The van der Waals surface area contributed by atoms with Gasteiger partial charge in [-0.05, 0) is 64.6 Å². The number of ether oxygens (including phenoxy) is 1. The Bertz CT molecular complexity index is 1000. The van der Waals surface area contributed by atoms with E-state index in [0.29, 0.717) is 13.0 Å². The van der Waals surface area contributed by atoms with E-state index in [2.05, 4.69) is 4.98 Å². The van der Waals surface area contributed by atoms with Crippen molar-refractivity contribution in [1.82, 2.24) is 14.2 Å². The molecular weight excluding hydrogens is 390 g/mol. The van der Waals surface area contributed by atoms with Gasteiger partial charge in [0.05, 0.1) is 4.90 Å². The first-order valence-corrected chi connectivity index (χ1v) is 11.3. The minimum atomic E-state index is -3.73. The molecule has 7 nitrogen and oxygen atoms in total. The van der Waals surface area contributed by atoms with Crippen molar-refractivity contribution in [2.75, 3.05) is 13.1 Å². The fourth-order valence-electron chi connectivity index (χ4n) is 3.70. The van der Waals surface area contributed by atoms with Crippen molar-refractivity contribution < 1.29 is 17.9 Å². The molecule has 3 rings (SSSR count). The number of pyridine rings is 1. The predicted molar refractivity (Wildman–Crippen MR) is 112 cm³/mol. The lowest BCUT2D eigenvalue weighted by Gasteiger charge is -2.32. The highest BCUT2D eigenvalue weighted by Crippen LogP contribution is 2.28. The molecule has 1 saturated heterocycles. The number of amides is 1. The van der Waals surface area contributed by atoms with E-state index in [9.17, 15) is 13.2 Å². The van der Waals surface area contributed by atoms with Gasteiger partial charge in [0.15, 0.2) is 0 Å². The van der Waals surface area contributed by atoms with Gasteiger partial charge in [-0.15, -0.1) is 0 Å². The third-order valence-corrected chi connectivity index (χ3v) is 7.13. The molecule has 0 saturated carbocycles. The Morgan fingerprint density at radius 3 is 2.55 bits per heavy atom. The molecule has 1 fully saturated rings. The smallest absolute Gasteiger partial charge is 0.410 e. The molecular formula is C21H29N3O4S. The standard InChI is InChI=1S/C21H29N3O4S/c1-15-9-11-23(20(25)28-21(3,4)5)14-16(2)24(15)29(26,27)19-7-6-18-13-22-10-8-17(18)12-19/h6-8,10,12-13,15-16H,9,11,14H2,1-5H3/t15-,16+/m1/s1. The van der Waals surface area contributed by atoms with E-state index in [1.807, 2.05) is 34.6 Å². The average molecular weight is 420 g/mol. The van der Waals surface area contributed by atoms with Gasteiger partial charge < -0.3 is 9.64 Å². The summed E-state index contributed by atoms with van der Waals surface area (Å²) in [6.45, 7) is 9.92. The summed E-state index contributed by atoms with van der Waals surface area (Å²) in [6, 6.07) is 6.26. The quantitative estimate of drug-likeness (QED) is 0.742. The molecule has 0 bridgehead atoms. The number of nitrogens with zero attached hydrogens (tertiary/aromatic N) is 3. The lowest BCUT2D eigenvalue weighted by Crippen LogP contribution is -2.47. The topological polar surface area (TPSA) is 79.8 Å². The second-order valence-electron chi connectivity index (χ2n) is 8.63. The molecule has 1 amide bonds. The summed E-state index contributed by atoms with van der Waals surface area (Å²) in [6.07, 6.45) is 3.49. The Morgan fingerprint density at radius 2 is 1.86 bits per heavy atom. The van der Waals surface area contributed by atoms with E-state index in [0.717, 1.165) is 10.8 Å². The first kappa shape index (κ1) is 21.5. The summed E-state index contributed by atoms with van der Waals surface area (Å²) in [4.78, 5) is 18.4. The van der Waals surface area contributed by atoms with E-state index in [-0.39, 0.29) is 23.5 Å². The summed E-state index contributed by atoms with van der Waals surface area (Å²) in [5, 5.41) is 1.71. The van der Waals surface area contributed by atoms with Crippen LogP contribution in [0.3, 0.4) is 0 Å².